The van der Waals surface area contributed by atoms with Crippen LogP contribution in [0.2, 0.25) is 0 Å². The Hall–Kier alpha value is -0.830. The molecule has 0 aromatic carbocycles. The van der Waals surface area contributed by atoms with Crippen molar-refractivity contribution in [1.29, 1.82) is 0 Å². The fourth-order valence-electron chi connectivity index (χ4n) is 1.15. The minimum atomic E-state index is -0.270. The van der Waals surface area contributed by atoms with Crippen LogP contribution in [0.25, 0.3) is 0 Å². The monoisotopic (exact) mass is 181 g/mol. The maximum absolute atomic E-state index is 6.20. The van der Waals surface area contributed by atoms with Gasteiger partial charge in [-0.15, -0.1) is 0 Å². The van der Waals surface area contributed by atoms with E-state index in [2.05, 4.69) is 32.8 Å². The van der Waals surface area contributed by atoms with Crippen LogP contribution in [0.15, 0.2) is 12.4 Å². The summed E-state index contributed by atoms with van der Waals surface area (Å²) in [7, 11) is 0. The summed E-state index contributed by atoms with van der Waals surface area (Å²) in [6.07, 6.45) is 3.89. The predicted octanol–water partition coefficient (Wildman–Crippen LogP) is 1.73. The normalized spacial score (nSPS) is 16.2. The highest BCUT2D eigenvalue weighted by atomic mass is 15.3. The third kappa shape index (κ3) is 1.91. The zero-order valence-corrected chi connectivity index (χ0v) is 8.91. The summed E-state index contributed by atoms with van der Waals surface area (Å²) in [6, 6.07) is 0. The smallest absolute Gasteiger partial charge is 0.0540 e. The van der Waals surface area contributed by atoms with Crippen molar-refractivity contribution in [2.45, 2.75) is 39.8 Å². The van der Waals surface area contributed by atoms with Crippen molar-refractivity contribution < 1.29 is 0 Å². The molecule has 3 heteroatoms. The molecule has 0 aliphatic rings. The first-order valence-corrected chi connectivity index (χ1v) is 4.80. The van der Waals surface area contributed by atoms with Gasteiger partial charge in [0.25, 0.3) is 0 Å². The van der Waals surface area contributed by atoms with E-state index in [1.165, 1.54) is 0 Å². The Kier molecular flexibility index (Phi) is 2.76. The topological polar surface area (TPSA) is 43.8 Å². The summed E-state index contributed by atoms with van der Waals surface area (Å²) in [5.41, 5.74) is 7.04. The van der Waals surface area contributed by atoms with E-state index in [-0.39, 0.29) is 5.54 Å². The highest BCUT2D eigenvalue weighted by molar-refractivity contribution is 5.16. The molecule has 1 aromatic heterocycles. The van der Waals surface area contributed by atoms with E-state index in [1.807, 2.05) is 17.1 Å². The van der Waals surface area contributed by atoms with E-state index in [0.717, 1.165) is 12.1 Å². The van der Waals surface area contributed by atoms with Gasteiger partial charge in [-0.3, -0.25) is 4.68 Å². The first kappa shape index (κ1) is 10.3. The second-order valence-corrected chi connectivity index (χ2v) is 4.02. The van der Waals surface area contributed by atoms with Crippen LogP contribution in [0.1, 0.15) is 33.3 Å². The Bertz CT molecular complexity index is 273. The molecule has 0 saturated carbocycles. The molecule has 1 atom stereocenters. The SMILES string of the molecule is CCn1cc(C(C)(N)C(C)C)cn1. The standard InChI is InChI=1S/C10H19N3/c1-5-13-7-9(6-12-13)10(4,11)8(2)3/h6-8H,5,11H2,1-4H3. The second kappa shape index (κ2) is 3.50. The van der Waals surface area contributed by atoms with Crippen molar-refractivity contribution in [3.05, 3.63) is 18.0 Å². The zero-order valence-electron chi connectivity index (χ0n) is 8.91. The summed E-state index contributed by atoms with van der Waals surface area (Å²) in [6.45, 7) is 9.27. The number of aryl methyl sites for hydroxylation is 1. The minimum Gasteiger partial charge on any atom is -0.321 e. The van der Waals surface area contributed by atoms with Crippen LogP contribution in [0, 0.1) is 5.92 Å². The van der Waals surface area contributed by atoms with Gasteiger partial charge in [0.05, 0.1) is 6.20 Å². The maximum Gasteiger partial charge on any atom is 0.0540 e. The van der Waals surface area contributed by atoms with Gasteiger partial charge in [-0.05, 0) is 19.8 Å². The molecule has 0 spiro atoms. The maximum atomic E-state index is 6.20. The third-order valence-electron chi connectivity index (χ3n) is 2.78. The molecular formula is C10H19N3. The highest BCUT2D eigenvalue weighted by Gasteiger charge is 2.26. The van der Waals surface area contributed by atoms with E-state index in [4.69, 9.17) is 5.73 Å². The van der Waals surface area contributed by atoms with E-state index in [9.17, 15) is 0 Å². The molecule has 0 fully saturated rings. The van der Waals surface area contributed by atoms with Gasteiger partial charge in [0, 0.05) is 23.8 Å². The Morgan fingerprint density at radius 3 is 2.62 bits per heavy atom. The molecular weight excluding hydrogens is 162 g/mol. The molecule has 74 valence electrons. The Balaban J connectivity index is 2.93. The lowest BCUT2D eigenvalue weighted by molar-refractivity contribution is 0.350. The molecule has 3 nitrogen and oxygen atoms in total. The van der Waals surface area contributed by atoms with Crippen molar-refractivity contribution in [2.75, 3.05) is 0 Å². The molecule has 1 rings (SSSR count). The van der Waals surface area contributed by atoms with Gasteiger partial charge in [0.15, 0.2) is 0 Å². The van der Waals surface area contributed by atoms with E-state index in [0.29, 0.717) is 5.92 Å². The number of hydrogen-bond donors (Lipinski definition) is 1. The number of rotatable bonds is 3. The second-order valence-electron chi connectivity index (χ2n) is 4.02. The largest absolute Gasteiger partial charge is 0.321 e. The average Bonchev–Trinajstić information content (AvgIpc) is 2.51. The quantitative estimate of drug-likeness (QED) is 0.771. The molecule has 1 aromatic rings. The van der Waals surface area contributed by atoms with Gasteiger partial charge in [-0.25, -0.2) is 0 Å². The highest BCUT2D eigenvalue weighted by Crippen LogP contribution is 2.25. The van der Waals surface area contributed by atoms with Gasteiger partial charge in [-0.2, -0.15) is 5.10 Å². The van der Waals surface area contributed by atoms with Crippen molar-refractivity contribution in [2.24, 2.45) is 11.7 Å². The zero-order chi connectivity index (χ0) is 10.1. The lowest BCUT2D eigenvalue weighted by Gasteiger charge is -2.27. The summed E-state index contributed by atoms with van der Waals surface area (Å²) in [5, 5.41) is 4.22. The molecule has 1 unspecified atom stereocenters. The van der Waals surface area contributed by atoms with Crippen LogP contribution in [0.5, 0.6) is 0 Å². The van der Waals surface area contributed by atoms with Crippen molar-refractivity contribution in [1.82, 2.24) is 9.78 Å². The lowest BCUT2D eigenvalue weighted by atomic mass is 9.84. The molecule has 0 saturated heterocycles. The summed E-state index contributed by atoms with van der Waals surface area (Å²) in [5.74, 6) is 0.419. The van der Waals surface area contributed by atoms with E-state index < -0.39 is 0 Å². The van der Waals surface area contributed by atoms with Gasteiger partial charge in [0.2, 0.25) is 0 Å². The first-order valence-electron chi connectivity index (χ1n) is 4.80. The van der Waals surface area contributed by atoms with Gasteiger partial charge in [-0.1, -0.05) is 13.8 Å². The molecule has 1 heterocycles. The van der Waals surface area contributed by atoms with Gasteiger partial charge in [0.1, 0.15) is 0 Å². The number of hydrogen-bond acceptors (Lipinski definition) is 2. The van der Waals surface area contributed by atoms with Crippen LogP contribution < -0.4 is 5.73 Å². The average molecular weight is 181 g/mol. The Morgan fingerprint density at radius 2 is 2.23 bits per heavy atom. The third-order valence-corrected chi connectivity index (χ3v) is 2.78. The van der Waals surface area contributed by atoms with Crippen LogP contribution in [0.3, 0.4) is 0 Å². The van der Waals surface area contributed by atoms with Crippen LogP contribution in [-0.2, 0) is 12.1 Å². The predicted molar refractivity (Wildman–Crippen MR) is 54.3 cm³/mol. The molecule has 0 amide bonds. The molecule has 0 aliphatic heterocycles. The number of nitrogens with two attached hydrogens (primary N) is 1. The number of nitrogens with zero attached hydrogens (tertiary/aromatic N) is 2. The number of aromatic nitrogens is 2. The van der Waals surface area contributed by atoms with Crippen LogP contribution in [0.4, 0.5) is 0 Å². The Morgan fingerprint density at radius 1 is 1.62 bits per heavy atom. The van der Waals surface area contributed by atoms with Crippen LogP contribution in [-0.4, -0.2) is 9.78 Å². The van der Waals surface area contributed by atoms with E-state index in [1.54, 1.807) is 0 Å². The summed E-state index contributed by atoms with van der Waals surface area (Å²) >= 11 is 0. The van der Waals surface area contributed by atoms with Crippen molar-refractivity contribution >= 4 is 0 Å². The fraction of sp³-hybridized carbons (Fsp3) is 0.700. The summed E-state index contributed by atoms with van der Waals surface area (Å²) in [4.78, 5) is 0. The summed E-state index contributed by atoms with van der Waals surface area (Å²) < 4.78 is 1.91. The fourth-order valence-corrected chi connectivity index (χ4v) is 1.15. The van der Waals surface area contributed by atoms with Crippen molar-refractivity contribution in [3.63, 3.8) is 0 Å². The molecule has 13 heavy (non-hydrogen) atoms. The molecule has 0 aliphatic carbocycles. The first-order chi connectivity index (χ1) is 5.98. The van der Waals surface area contributed by atoms with Gasteiger partial charge >= 0.3 is 0 Å². The van der Waals surface area contributed by atoms with Gasteiger partial charge < -0.3 is 5.73 Å². The molecule has 0 bridgehead atoms. The van der Waals surface area contributed by atoms with E-state index >= 15 is 0 Å². The molecule has 0 radical (unpaired) electrons. The molecule has 2 N–H and O–H groups in total. The minimum absolute atomic E-state index is 0.270. The Labute approximate surface area is 79.9 Å². The lowest BCUT2D eigenvalue weighted by Crippen LogP contribution is -2.38. The van der Waals surface area contributed by atoms with Crippen LogP contribution >= 0.6 is 0 Å². The van der Waals surface area contributed by atoms with Crippen molar-refractivity contribution in [3.8, 4) is 0 Å².